The summed E-state index contributed by atoms with van der Waals surface area (Å²) in [5.74, 6) is 0. The summed E-state index contributed by atoms with van der Waals surface area (Å²) in [7, 11) is -1.94. The first-order valence-corrected chi connectivity index (χ1v) is 8.07. The van der Waals surface area contributed by atoms with E-state index < -0.39 is 10.0 Å². The highest BCUT2D eigenvalue weighted by Gasteiger charge is 2.26. The lowest BCUT2D eigenvalue weighted by Gasteiger charge is -2.24. The first kappa shape index (κ1) is 15.5. The molecule has 0 heterocycles. The molecular formula is C12H19BrN2O2S. The first-order chi connectivity index (χ1) is 8.30. The third-order valence-corrected chi connectivity index (χ3v) is 5.48. The molecule has 1 rings (SSSR count). The fourth-order valence-corrected chi connectivity index (χ4v) is 3.77. The van der Waals surface area contributed by atoms with Gasteiger partial charge in [-0.25, -0.2) is 8.42 Å². The van der Waals surface area contributed by atoms with Crippen LogP contribution in [0.2, 0.25) is 0 Å². The molecule has 0 radical (unpaired) electrons. The second-order valence-electron chi connectivity index (χ2n) is 4.34. The van der Waals surface area contributed by atoms with Crippen LogP contribution in [-0.4, -0.2) is 25.8 Å². The molecule has 1 unspecified atom stereocenters. The quantitative estimate of drug-likeness (QED) is 0.842. The largest absolute Gasteiger partial charge is 0.398 e. The molecular weight excluding hydrogens is 316 g/mol. The number of hydrogen-bond donors (Lipinski definition) is 1. The first-order valence-electron chi connectivity index (χ1n) is 5.83. The molecule has 0 spiro atoms. The van der Waals surface area contributed by atoms with E-state index in [9.17, 15) is 8.42 Å². The Morgan fingerprint density at radius 1 is 1.44 bits per heavy atom. The van der Waals surface area contributed by atoms with Crippen LogP contribution in [-0.2, 0) is 10.0 Å². The van der Waals surface area contributed by atoms with Crippen molar-refractivity contribution in [3.63, 3.8) is 0 Å². The zero-order chi connectivity index (χ0) is 13.9. The topological polar surface area (TPSA) is 63.4 Å². The highest BCUT2D eigenvalue weighted by Crippen LogP contribution is 2.26. The molecule has 0 aromatic heterocycles. The van der Waals surface area contributed by atoms with Crippen LogP contribution in [0.1, 0.15) is 26.7 Å². The van der Waals surface area contributed by atoms with Crippen LogP contribution >= 0.6 is 15.9 Å². The zero-order valence-electron chi connectivity index (χ0n) is 10.9. The van der Waals surface area contributed by atoms with Crippen molar-refractivity contribution in [1.29, 1.82) is 0 Å². The highest BCUT2D eigenvalue weighted by atomic mass is 79.9. The van der Waals surface area contributed by atoms with Crippen LogP contribution in [0.5, 0.6) is 0 Å². The summed E-state index contributed by atoms with van der Waals surface area (Å²) in [4.78, 5) is 0.155. The molecule has 0 saturated carbocycles. The Morgan fingerprint density at radius 2 is 2.06 bits per heavy atom. The number of benzene rings is 1. The summed E-state index contributed by atoms with van der Waals surface area (Å²) in [6.45, 7) is 3.93. The molecule has 102 valence electrons. The molecule has 6 heteroatoms. The number of sulfonamides is 1. The molecule has 1 aromatic rings. The average molecular weight is 335 g/mol. The second kappa shape index (κ2) is 6.04. The van der Waals surface area contributed by atoms with Crippen LogP contribution in [0.25, 0.3) is 0 Å². The van der Waals surface area contributed by atoms with Crippen molar-refractivity contribution in [1.82, 2.24) is 4.31 Å². The Morgan fingerprint density at radius 3 is 2.61 bits per heavy atom. The van der Waals surface area contributed by atoms with Gasteiger partial charge in [0.25, 0.3) is 0 Å². The third-order valence-electron chi connectivity index (χ3n) is 2.96. The van der Waals surface area contributed by atoms with Gasteiger partial charge in [0.15, 0.2) is 0 Å². The van der Waals surface area contributed by atoms with Gasteiger partial charge >= 0.3 is 0 Å². The van der Waals surface area contributed by atoms with Gasteiger partial charge in [0.05, 0.1) is 5.69 Å². The molecule has 0 fully saturated rings. The van der Waals surface area contributed by atoms with Crippen LogP contribution in [0.15, 0.2) is 27.6 Å². The number of hydrogen-bond acceptors (Lipinski definition) is 3. The van der Waals surface area contributed by atoms with E-state index in [1.807, 2.05) is 13.8 Å². The molecule has 2 N–H and O–H groups in total. The number of rotatable bonds is 5. The SMILES string of the molecule is CCCC(C)N(C)S(=O)(=O)c1cc(Br)ccc1N. The Hall–Kier alpha value is -0.590. The van der Waals surface area contributed by atoms with Crippen molar-refractivity contribution in [2.75, 3.05) is 12.8 Å². The third kappa shape index (κ3) is 3.24. The maximum atomic E-state index is 12.4. The van der Waals surface area contributed by atoms with Crippen LogP contribution < -0.4 is 5.73 Å². The van der Waals surface area contributed by atoms with E-state index in [-0.39, 0.29) is 16.6 Å². The summed E-state index contributed by atoms with van der Waals surface area (Å²) in [5.41, 5.74) is 6.03. The van der Waals surface area contributed by atoms with Crippen molar-refractivity contribution in [3.05, 3.63) is 22.7 Å². The zero-order valence-corrected chi connectivity index (χ0v) is 13.3. The van der Waals surface area contributed by atoms with Gasteiger partial charge < -0.3 is 5.73 Å². The van der Waals surface area contributed by atoms with Gasteiger partial charge in [0, 0.05) is 17.6 Å². The van der Waals surface area contributed by atoms with Crippen molar-refractivity contribution >= 4 is 31.6 Å². The second-order valence-corrected chi connectivity index (χ2v) is 7.22. The van der Waals surface area contributed by atoms with E-state index in [2.05, 4.69) is 15.9 Å². The molecule has 1 atom stereocenters. The van der Waals surface area contributed by atoms with E-state index in [1.54, 1.807) is 25.2 Å². The summed E-state index contributed by atoms with van der Waals surface area (Å²) in [6, 6.07) is 4.82. The Kier molecular flexibility index (Phi) is 5.19. The lowest BCUT2D eigenvalue weighted by atomic mass is 10.2. The lowest BCUT2D eigenvalue weighted by Crippen LogP contribution is -2.35. The fraction of sp³-hybridized carbons (Fsp3) is 0.500. The van der Waals surface area contributed by atoms with E-state index in [0.717, 1.165) is 12.8 Å². The number of nitrogens with two attached hydrogens (primary N) is 1. The van der Waals surface area contributed by atoms with E-state index in [1.165, 1.54) is 4.31 Å². The average Bonchev–Trinajstić information content (AvgIpc) is 2.31. The predicted molar refractivity (Wildman–Crippen MR) is 77.9 cm³/mol. The maximum Gasteiger partial charge on any atom is 0.245 e. The Labute approximate surface area is 117 Å². The Bertz CT molecular complexity index is 517. The smallest absolute Gasteiger partial charge is 0.245 e. The van der Waals surface area contributed by atoms with E-state index >= 15 is 0 Å². The van der Waals surface area contributed by atoms with Gasteiger partial charge in [0.1, 0.15) is 4.90 Å². The van der Waals surface area contributed by atoms with Crippen molar-refractivity contribution in [2.45, 2.75) is 37.6 Å². The van der Waals surface area contributed by atoms with Crippen molar-refractivity contribution in [3.8, 4) is 0 Å². The van der Waals surface area contributed by atoms with Crippen LogP contribution in [0.4, 0.5) is 5.69 Å². The minimum absolute atomic E-state index is 0.0432. The van der Waals surface area contributed by atoms with Crippen molar-refractivity contribution < 1.29 is 8.42 Å². The normalized spacial score (nSPS) is 13.8. The minimum atomic E-state index is -3.54. The highest BCUT2D eigenvalue weighted by molar-refractivity contribution is 9.10. The number of nitrogen functional groups attached to an aromatic ring is 1. The molecule has 0 amide bonds. The summed E-state index contributed by atoms with van der Waals surface area (Å²) < 4.78 is 27.0. The molecule has 0 saturated heterocycles. The van der Waals surface area contributed by atoms with Crippen LogP contribution in [0.3, 0.4) is 0 Å². The summed E-state index contributed by atoms with van der Waals surface area (Å²) in [6.07, 6.45) is 1.76. The summed E-state index contributed by atoms with van der Waals surface area (Å²) in [5, 5.41) is 0. The predicted octanol–water partition coefficient (Wildman–Crippen LogP) is 2.84. The standard InChI is InChI=1S/C12H19BrN2O2S/c1-4-5-9(2)15(3)18(16,17)12-8-10(13)6-7-11(12)14/h6-9H,4-5,14H2,1-3H3. The van der Waals surface area contributed by atoms with Crippen LogP contribution in [0, 0.1) is 0 Å². The molecule has 1 aromatic carbocycles. The van der Waals surface area contributed by atoms with Gasteiger partial charge in [-0.2, -0.15) is 4.31 Å². The molecule has 18 heavy (non-hydrogen) atoms. The Balaban J connectivity index is 3.17. The monoisotopic (exact) mass is 334 g/mol. The molecule has 0 aliphatic rings. The van der Waals surface area contributed by atoms with Gasteiger partial charge in [-0.1, -0.05) is 29.3 Å². The van der Waals surface area contributed by atoms with E-state index in [0.29, 0.717) is 4.47 Å². The maximum absolute atomic E-state index is 12.4. The molecule has 0 aliphatic carbocycles. The molecule has 0 aliphatic heterocycles. The van der Waals surface area contributed by atoms with Gasteiger partial charge in [-0.15, -0.1) is 0 Å². The van der Waals surface area contributed by atoms with Gasteiger partial charge in [0.2, 0.25) is 10.0 Å². The molecule has 4 nitrogen and oxygen atoms in total. The molecule has 0 bridgehead atoms. The van der Waals surface area contributed by atoms with Gasteiger partial charge in [-0.05, 0) is 31.5 Å². The summed E-state index contributed by atoms with van der Waals surface area (Å²) >= 11 is 3.27. The lowest BCUT2D eigenvalue weighted by molar-refractivity contribution is 0.369. The van der Waals surface area contributed by atoms with E-state index in [4.69, 9.17) is 5.73 Å². The fourth-order valence-electron chi connectivity index (χ4n) is 1.72. The van der Waals surface area contributed by atoms with Crippen molar-refractivity contribution in [2.24, 2.45) is 0 Å². The number of anilines is 1. The minimum Gasteiger partial charge on any atom is -0.398 e. The van der Waals surface area contributed by atoms with Gasteiger partial charge in [-0.3, -0.25) is 0 Å². The number of nitrogens with zero attached hydrogens (tertiary/aromatic N) is 1. The number of halogens is 1.